The monoisotopic (exact) mass is 383 g/mol. The van der Waals surface area contributed by atoms with Gasteiger partial charge in [0.15, 0.2) is 6.10 Å². The zero-order valence-corrected chi connectivity index (χ0v) is 16.3. The zero-order chi connectivity index (χ0) is 20.4. The highest BCUT2D eigenvalue weighted by molar-refractivity contribution is 6.06. The summed E-state index contributed by atoms with van der Waals surface area (Å²) in [4.78, 5) is 41.2. The number of esters is 1. The van der Waals surface area contributed by atoms with E-state index in [0.717, 1.165) is 36.0 Å². The summed E-state index contributed by atoms with van der Waals surface area (Å²) in [6.07, 6.45) is 1.43. The molecule has 3 N–H and O–H groups in total. The number of pyridine rings is 1. The summed E-state index contributed by atoms with van der Waals surface area (Å²) >= 11 is 0. The van der Waals surface area contributed by atoms with Crippen molar-refractivity contribution in [3.05, 3.63) is 41.1 Å². The van der Waals surface area contributed by atoms with E-state index in [1.54, 1.807) is 13.8 Å². The van der Waals surface area contributed by atoms with Crippen LogP contribution in [0.3, 0.4) is 0 Å². The molecule has 2 atom stereocenters. The fourth-order valence-electron chi connectivity index (χ4n) is 3.65. The minimum absolute atomic E-state index is 0.328. The molecule has 0 saturated carbocycles. The maximum absolute atomic E-state index is 13.2. The van der Waals surface area contributed by atoms with Gasteiger partial charge in [0.1, 0.15) is 0 Å². The molecule has 1 aromatic heterocycles. The van der Waals surface area contributed by atoms with E-state index in [0.29, 0.717) is 16.9 Å². The summed E-state index contributed by atoms with van der Waals surface area (Å²) < 4.78 is 5.58. The molecule has 1 aliphatic rings. The van der Waals surface area contributed by atoms with Gasteiger partial charge in [-0.3, -0.25) is 15.1 Å². The molecule has 1 aromatic carbocycles. The molecule has 0 fully saturated rings. The van der Waals surface area contributed by atoms with E-state index in [9.17, 15) is 14.4 Å². The first-order valence-electron chi connectivity index (χ1n) is 9.49. The van der Waals surface area contributed by atoms with Crippen molar-refractivity contribution in [1.82, 2.24) is 10.3 Å². The van der Waals surface area contributed by atoms with Crippen molar-refractivity contribution in [2.45, 2.75) is 46.1 Å². The van der Waals surface area contributed by atoms with Gasteiger partial charge in [0, 0.05) is 11.1 Å². The molecule has 0 unspecified atom stereocenters. The van der Waals surface area contributed by atoms with Gasteiger partial charge in [0.05, 0.1) is 11.1 Å². The van der Waals surface area contributed by atoms with Crippen LogP contribution in [0.25, 0.3) is 10.9 Å². The molecular weight excluding hydrogens is 358 g/mol. The van der Waals surface area contributed by atoms with E-state index in [-0.39, 0.29) is 5.92 Å². The van der Waals surface area contributed by atoms with Crippen molar-refractivity contribution in [3.8, 4) is 0 Å². The number of primary amides is 1. The molecule has 28 heavy (non-hydrogen) atoms. The summed E-state index contributed by atoms with van der Waals surface area (Å²) in [5.41, 5.74) is 8.02. The highest BCUT2D eigenvalue weighted by atomic mass is 16.5. The van der Waals surface area contributed by atoms with Crippen molar-refractivity contribution in [1.29, 1.82) is 0 Å². The Bertz CT molecular complexity index is 939. The smallest absolute Gasteiger partial charge is 0.339 e. The lowest BCUT2D eigenvalue weighted by Crippen LogP contribution is -2.45. The van der Waals surface area contributed by atoms with Gasteiger partial charge in [-0.2, -0.15) is 0 Å². The van der Waals surface area contributed by atoms with Gasteiger partial charge >= 0.3 is 12.0 Å². The average Bonchev–Trinajstić information content (AvgIpc) is 2.63. The topological polar surface area (TPSA) is 111 Å². The predicted octanol–water partition coefficient (Wildman–Crippen LogP) is 2.74. The largest absolute Gasteiger partial charge is 0.448 e. The Labute approximate surface area is 163 Å². The van der Waals surface area contributed by atoms with Gasteiger partial charge in [-0.1, -0.05) is 39.0 Å². The number of ether oxygens (including phenoxy) is 1. The molecule has 0 radical (unpaired) electrons. The molecule has 148 valence electrons. The molecule has 1 aliphatic carbocycles. The minimum atomic E-state index is -1.12. The van der Waals surface area contributed by atoms with Gasteiger partial charge in [0.25, 0.3) is 5.91 Å². The van der Waals surface area contributed by atoms with E-state index in [1.165, 1.54) is 0 Å². The third kappa shape index (κ3) is 3.98. The van der Waals surface area contributed by atoms with Crippen LogP contribution < -0.4 is 11.1 Å². The van der Waals surface area contributed by atoms with Crippen LogP contribution in [0, 0.1) is 11.8 Å². The van der Waals surface area contributed by atoms with Crippen LogP contribution in [0.5, 0.6) is 0 Å². The molecule has 1 heterocycles. The average molecular weight is 383 g/mol. The molecule has 3 amide bonds. The lowest BCUT2D eigenvalue weighted by atomic mass is 9.84. The maximum Gasteiger partial charge on any atom is 0.339 e. The number of para-hydroxylation sites is 1. The normalized spacial score (nSPS) is 17.1. The number of carbonyl (C=O) groups excluding carboxylic acids is 3. The van der Waals surface area contributed by atoms with Gasteiger partial charge in [-0.15, -0.1) is 0 Å². The van der Waals surface area contributed by atoms with Gasteiger partial charge < -0.3 is 10.5 Å². The third-order valence-corrected chi connectivity index (χ3v) is 5.05. The first-order chi connectivity index (χ1) is 13.3. The third-order valence-electron chi connectivity index (χ3n) is 5.05. The van der Waals surface area contributed by atoms with E-state index in [1.807, 2.05) is 29.6 Å². The second kappa shape index (κ2) is 7.96. The lowest BCUT2D eigenvalue weighted by molar-refractivity contribution is -0.130. The Balaban J connectivity index is 2.04. The van der Waals surface area contributed by atoms with E-state index < -0.39 is 24.0 Å². The number of nitrogens with one attached hydrogen (secondary N) is 1. The Morgan fingerprint density at radius 2 is 1.96 bits per heavy atom. The Morgan fingerprint density at radius 1 is 1.25 bits per heavy atom. The summed E-state index contributed by atoms with van der Waals surface area (Å²) in [6.45, 7) is 5.62. The lowest BCUT2D eigenvalue weighted by Gasteiger charge is -2.25. The van der Waals surface area contributed by atoms with E-state index >= 15 is 0 Å². The van der Waals surface area contributed by atoms with Gasteiger partial charge in [0.2, 0.25) is 0 Å². The molecule has 0 bridgehead atoms. The van der Waals surface area contributed by atoms with Gasteiger partial charge in [-0.05, 0) is 42.7 Å². The minimum Gasteiger partial charge on any atom is -0.448 e. The maximum atomic E-state index is 13.2. The number of imide groups is 1. The Morgan fingerprint density at radius 3 is 2.64 bits per heavy atom. The van der Waals surface area contributed by atoms with Crippen LogP contribution in [0.2, 0.25) is 0 Å². The van der Waals surface area contributed by atoms with Crippen molar-refractivity contribution in [2.75, 3.05) is 0 Å². The second-order valence-corrected chi connectivity index (χ2v) is 7.70. The summed E-state index contributed by atoms with van der Waals surface area (Å²) in [5, 5.41) is 2.70. The molecular formula is C21H25N3O4. The van der Waals surface area contributed by atoms with Crippen molar-refractivity contribution >= 4 is 28.8 Å². The molecule has 2 aromatic rings. The standard InChI is InChI=1S/C21H25N3O4/c1-11(2)18(19(25)24-21(22)27)28-20(26)17-13-6-4-5-7-15(13)23-16-9-8-12(3)10-14(16)17/h4-7,11-12,18H,8-10H2,1-3H3,(H3,22,24,25,27)/t12-,18+/m1/s1. The molecule has 3 rings (SSSR count). The number of nitrogens with zero attached hydrogens (tertiary/aromatic N) is 1. The van der Waals surface area contributed by atoms with Crippen LogP contribution >= 0.6 is 0 Å². The first kappa shape index (κ1) is 19.8. The zero-order valence-electron chi connectivity index (χ0n) is 16.3. The summed E-state index contributed by atoms with van der Waals surface area (Å²) in [7, 11) is 0. The van der Waals surface area contributed by atoms with Crippen LogP contribution in [-0.2, 0) is 22.4 Å². The fraction of sp³-hybridized carbons (Fsp3) is 0.429. The number of hydrogen-bond acceptors (Lipinski definition) is 5. The number of nitrogens with two attached hydrogens (primary N) is 1. The quantitative estimate of drug-likeness (QED) is 0.789. The number of urea groups is 1. The highest BCUT2D eigenvalue weighted by Gasteiger charge is 2.31. The molecule has 7 heteroatoms. The number of hydrogen-bond donors (Lipinski definition) is 2. The van der Waals surface area contributed by atoms with Crippen molar-refractivity contribution in [3.63, 3.8) is 0 Å². The SMILES string of the molecule is CC(C)[C@H](OC(=O)c1c2c(nc3ccccc13)CC[C@@H](C)C2)C(=O)NC(N)=O. The van der Waals surface area contributed by atoms with Crippen LogP contribution in [-0.4, -0.2) is 29.0 Å². The highest BCUT2D eigenvalue weighted by Crippen LogP contribution is 2.32. The fourth-order valence-corrected chi connectivity index (χ4v) is 3.65. The Kier molecular flexibility index (Phi) is 5.63. The number of aryl methyl sites for hydroxylation is 1. The van der Waals surface area contributed by atoms with Gasteiger partial charge in [-0.25, -0.2) is 9.59 Å². The van der Waals surface area contributed by atoms with Crippen molar-refractivity contribution in [2.24, 2.45) is 17.6 Å². The predicted molar refractivity (Wildman–Crippen MR) is 105 cm³/mol. The summed E-state index contributed by atoms with van der Waals surface area (Å²) in [6, 6.07) is 6.45. The number of amides is 3. The Hall–Kier alpha value is -2.96. The summed E-state index contributed by atoms with van der Waals surface area (Å²) in [5.74, 6) is -1.20. The van der Waals surface area contributed by atoms with Crippen molar-refractivity contribution < 1.29 is 19.1 Å². The van der Waals surface area contributed by atoms with Crippen LogP contribution in [0.1, 0.15) is 48.8 Å². The number of benzene rings is 1. The number of aromatic nitrogens is 1. The molecule has 0 aliphatic heterocycles. The van der Waals surface area contributed by atoms with Crippen LogP contribution in [0.15, 0.2) is 24.3 Å². The first-order valence-corrected chi connectivity index (χ1v) is 9.49. The molecule has 7 nitrogen and oxygen atoms in total. The second-order valence-electron chi connectivity index (χ2n) is 7.70. The molecule has 0 saturated heterocycles. The van der Waals surface area contributed by atoms with E-state index in [4.69, 9.17) is 15.5 Å². The van der Waals surface area contributed by atoms with Crippen LogP contribution in [0.4, 0.5) is 4.79 Å². The number of carbonyl (C=O) groups is 3. The number of fused-ring (bicyclic) bond motifs is 2. The molecule has 0 spiro atoms. The number of rotatable bonds is 4. The van der Waals surface area contributed by atoms with E-state index in [2.05, 4.69) is 6.92 Å².